The molecule has 0 bridgehead atoms. The predicted molar refractivity (Wildman–Crippen MR) is 59.3 cm³/mol. The zero-order valence-electron chi connectivity index (χ0n) is 7.15. The predicted octanol–water partition coefficient (Wildman–Crippen LogP) is 4.17. The fourth-order valence-electron chi connectivity index (χ4n) is 0.990. The maximum Gasteiger partial charge on any atom is 0.282 e. The van der Waals surface area contributed by atoms with Gasteiger partial charge < -0.3 is 0 Å². The Kier molecular flexibility index (Phi) is 3.89. The molecule has 0 nitrogen and oxygen atoms in total. The van der Waals surface area contributed by atoms with Crippen LogP contribution in [0.2, 0.25) is 16.6 Å². The minimum Gasteiger partial charge on any atom is -0.205 e. The lowest BCUT2D eigenvalue weighted by atomic mass is 10.3. The van der Waals surface area contributed by atoms with Crippen LogP contribution in [0.25, 0.3) is 0 Å². The first-order valence-corrected chi connectivity index (χ1v) is 8.85. The zero-order chi connectivity index (χ0) is 12.0. The number of hydrogen-bond acceptors (Lipinski definition) is 0. The highest BCUT2D eigenvalue weighted by Gasteiger charge is 2.35. The summed E-state index contributed by atoms with van der Waals surface area (Å²) in [6, 6.07) is 0. The molecule has 0 unspecified atom stereocenters. The van der Waals surface area contributed by atoms with Crippen LogP contribution in [0, 0.1) is 17.5 Å². The van der Waals surface area contributed by atoms with Gasteiger partial charge in [-0.05, 0) is 6.55 Å². The van der Waals surface area contributed by atoms with Crippen LogP contribution < -0.4 is 5.19 Å². The van der Waals surface area contributed by atoms with Crippen molar-refractivity contribution in [3.63, 3.8) is 0 Å². The van der Waals surface area contributed by atoms with Crippen LogP contribution in [0.1, 0.15) is 0 Å². The number of rotatable bonds is 1. The summed E-state index contributed by atoms with van der Waals surface area (Å²) in [7, 11) is 0. The third kappa shape index (κ3) is 2.39. The van der Waals surface area contributed by atoms with Gasteiger partial charge in [-0.1, -0.05) is 23.2 Å². The van der Waals surface area contributed by atoms with Gasteiger partial charge in [0, 0.05) is 5.19 Å². The van der Waals surface area contributed by atoms with Crippen molar-refractivity contribution in [2.24, 2.45) is 0 Å². The molecule has 15 heavy (non-hydrogen) atoms. The molecule has 0 amide bonds. The van der Waals surface area contributed by atoms with Crippen LogP contribution in [0.4, 0.5) is 13.2 Å². The van der Waals surface area contributed by atoms with E-state index in [1.807, 2.05) is 0 Å². The van der Waals surface area contributed by atoms with Gasteiger partial charge in [-0.25, -0.2) is 13.2 Å². The second kappa shape index (κ2) is 4.34. The van der Waals surface area contributed by atoms with Gasteiger partial charge in [0.2, 0.25) is 0 Å². The average Bonchev–Trinajstić information content (AvgIpc) is 2.09. The minimum atomic E-state index is -3.26. The quantitative estimate of drug-likeness (QED) is 0.316. The maximum absolute atomic E-state index is 13.4. The molecule has 0 spiro atoms. The van der Waals surface area contributed by atoms with Crippen LogP contribution in [-0.2, 0) is 0 Å². The van der Waals surface area contributed by atoms with Gasteiger partial charge in [0.15, 0.2) is 11.6 Å². The van der Waals surface area contributed by atoms with Crippen molar-refractivity contribution in [1.82, 2.24) is 0 Å². The molecule has 0 saturated carbocycles. The third-order valence-corrected chi connectivity index (χ3v) is 4.98. The molecule has 1 aromatic rings. The summed E-state index contributed by atoms with van der Waals surface area (Å²) in [5.74, 6) is -4.20. The van der Waals surface area contributed by atoms with Gasteiger partial charge in [-0.3, -0.25) is 0 Å². The smallest absolute Gasteiger partial charge is 0.205 e. The second-order valence-corrected chi connectivity index (χ2v) is 11.0. The van der Waals surface area contributed by atoms with E-state index < -0.39 is 39.4 Å². The van der Waals surface area contributed by atoms with Gasteiger partial charge in [0.1, 0.15) is 10.8 Å². The Hall–Kier alpha value is 0.387. The molecule has 1 aromatic carbocycles. The molecule has 8 heteroatoms. The molecular weight excluding hydrogens is 311 g/mol. The molecule has 0 heterocycles. The molecule has 0 N–H and O–H groups in total. The largest absolute Gasteiger partial charge is 0.282 e. The Bertz CT molecular complexity index is 387. The number of benzene rings is 1. The lowest BCUT2D eigenvalue weighted by Gasteiger charge is -2.15. The Balaban J connectivity index is 3.68. The van der Waals surface area contributed by atoms with Crippen LogP contribution in [0.5, 0.6) is 0 Å². The average molecular weight is 314 g/mol. The Morgan fingerprint density at radius 1 is 0.867 bits per heavy atom. The van der Waals surface area contributed by atoms with Gasteiger partial charge in [-0.15, -0.1) is 22.2 Å². The maximum atomic E-state index is 13.4. The Morgan fingerprint density at radius 2 is 1.27 bits per heavy atom. The SMILES string of the molecule is C[Si](Cl)(Cl)c1c(F)c(Cl)c(F)c(F)c1Cl. The normalized spacial score (nSPS) is 12.0. The summed E-state index contributed by atoms with van der Waals surface area (Å²) >= 11 is 22.0. The summed E-state index contributed by atoms with van der Waals surface area (Å²) in [6.45, 7) is -1.96. The van der Waals surface area contributed by atoms with Gasteiger partial charge in [-0.2, -0.15) is 0 Å². The topological polar surface area (TPSA) is 0 Å². The number of halogens is 7. The summed E-state index contributed by atoms with van der Waals surface area (Å²) in [5.41, 5.74) is 0. The van der Waals surface area contributed by atoms with Gasteiger partial charge in [0.05, 0.1) is 5.02 Å². The van der Waals surface area contributed by atoms with Crippen LogP contribution >= 0.6 is 45.4 Å². The Labute approximate surface area is 104 Å². The Morgan fingerprint density at radius 3 is 1.67 bits per heavy atom. The number of hydrogen-bond donors (Lipinski definition) is 0. The molecule has 0 saturated heterocycles. The molecule has 1 rings (SSSR count). The van der Waals surface area contributed by atoms with Crippen molar-refractivity contribution >= 4 is 57.2 Å². The summed E-state index contributed by atoms with van der Waals surface area (Å²) < 4.78 is 39.5. The van der Waals surface area contributed by atoms with Crippen molar-refractivity contribution in [3.8, 4) is 0 Å². The third-order valence-electron chi connectivity index (χ3n) is 1.65. The fourth-order valence-corrected chi connectivity index (χ4v) is 4.34. The first-order valence-electron chi connectivity index (χ1n) is 3.57. The first-order chi connectivity index (χ1) is 6.68. The zero-order valence-corrected chi connectivity index (χ0v) is 11.2. The van der Waals surface area contributed by atoms with E-state index in [0.29, 0.717) is 0 Å². The molecule has 0 atom stereocenters. The molecule has 84 valence electrons. The van der Waals surface area contributed by atoms with E-state index in [9.17, 15) is 13.2 Å². The first kappa shape index (κ1) is 13.5. The molecule has 0 radical (unpaired) electrons. The summed E-state index contributed by atoms with van der Waals surface area (Å²) in [5, 5.41) is -2.20. The molecule has 0 aliphatic carbocycles. The summed E-state index contributed by atoms with van der Waals surface area (Å²) in [6.07, 6.45) is 0. The van der Waals surface area contributed by atoms with Crippen molar-refractivity contribution in [3.05, 3.63) is 27.5 Å². The molecule has 0 fully saturated rings. The van der Waals surface area contributed by atoms with E-state index in [0.717, 1.165) is 0 Å². The minimum absolute atomic E-state index is 0.448. The van der Waals surface area contributed by atoms with E-state index in [1.165, 1.54) is 6.55 Å². The van der Waals surface area contributed by atoms with E-state index >= 15 is 0 Å². The van der Waals surface area contributed by atoms with E-state index in [4.69, 9.17) is 45.4 Å². The fraction of sp³-hybridized carbons (Fsp3) is 0.143. The summed E-state index contributed by atoms with van der Waals surface area (Å²) in [4.78, 5) is 0. The molecule has 0 aliphatic heterocycles. The monoisotopic (exact) mass is 312 g/mol. The molecular formula is C7H3Cl4F3Si. The van der Waals surface area contributed by atoms with E-state index in [2.05, 4.69) is 0 Å². The van der Waals surface area contributed by atoms with Gasteiger partial charge >= 0.3 is 0 Å². The lowest BCUT2D eigenvalue weighted by molar-refractivity contribution is 0.498. The second-order valence-electron chi connectivity index (χ2n) is 2.83. The molecule has 0 aromatic heterocycles. The lowest BCUT2D eigenvalue weighted by Crippen LogP contribution is -2.37. The molecule has 0 aliphatic rings. The van der Waals surface area contributed by atoms with Crippen molar-refractivity contribution < 1.29 is 13.2 Å². The highest BCUT2D eigenvalue weighted by molar-refractivity contribution is 7.50. The van der Waals surface area contributed by atoms with Crippen molar-refractivity contribution in [1.29, 1.82) is 0 Å². The van der Waals surface area contributed by atoms with Crippen molar-refractivity contribution in [2.75, 3.05) is 0 Å². The van der Waals surface area contributed by atoms with Crippen molar-refractivity contribution in [2.45, 2.75) is 6.55 Å². The van der Waals surface area contributed by atoms with E-state index in [1.54, 1.807) is 0 Å². The standard InChI is InChI=1S/C7H3Cl4F3Si/c1-15(10,11)7-3(9)5(13)4(12)2(8)6(7)14/h1H3. The van der Waals surface area contributed by atoms with Crippen LogP contribution in [0.15, 0.2) is 0 Å². The van der Waals surface area contributed by atoms with Gasteiger partial charge in [0.25, 0.3) is 6.69 Å². The van der Waals surface area contributed by atoms with Crippen LogP contribution in [0.3, 0.4) is 0 Å². The highest BCUT2D eigenvalue weighted by Crippen LogP contribution is 2.30. The highest BCUT2D eigenvalue weighted by atomic mass is 35.7. The van der Waals surface area contributed by atoms with E-state index in [-0.39, 0.29) is 0 Å². The van der Waals surface area contributed by atoms with Crippen LogP contribution in [-0.4, -0.2) is 6.69 Å².